The van der Waals surface area contributed by atoms with Crippen molar-refractivity contribution in [2.45, 2.75) is 32.2 Å². The van der Waals surface area contributed by atoms with E-state index in [1.165, 1.54) is 0 Å². The first-order chi connectivity index (χ1) is 6.22. The molecule has 0 bridgehead atoms. The number of carbonyl (C=O) groups excluding carboxylic acids is 1. The van der Waals surface area contributed by atoms with E-state index in [0.717, 1.165) is 19.3 Å². The van der Waals surface area contributed by atoms with E-state index in [2.05, 4.69) is 0 Å². The zero-order chi connectivity index (χ0) is 9.42. The fourth-order valence-electron chi connectivity index (χ4n) is 2.31. The Hall–Kier alpha value is -0.570. The molecule has 2 rings (SSSR count). The predicted molar refractivity (Wildman–Crippen MR) is 48.9 cm³/mol. The number of nitrogens with two attached hydrogens (primary N) is 1. The van der Waals surface area contributed by atoms with Gasteiger partial charge in [0.1, 0.15) is 0 Å². The summed E-state index contributed by atoms with van der Waals surface area (Å²) in [6, 6.07) is 0.397. The molecule has 2 atom stereocenters. The molecule has 0 spiro atoms. The summed E-state index contributed by atoms with van der Waals surface area (Å²) < 4.78 is 4.97. The summed E-state index contributed by atoms with van der Waals surface area (Å²) in [5.41, 5.74) is 5.70. The molecule has 0 aliphatic heterocycles. The van der Waals surface area contributed by atoms with Gasteiger partial charge in [-0.25, -0.2) is 0 Å². The summed E-state index contributed by atoms with van der Waals surface area (Å²) >= 11 is 0. The van der Waals surface area contributed by atoms with Gasteiger partial charge in [-0.3, -0.25) is 4.79 Å². The van der Waals surface area contributed by atoms with E-state index in [0.29, 0.717) is 24.5 Å². The van der Waals surface area contributed by atoms with Crippen molar-refractivity contribution in [3.8, 4) is 0 Å². The van der Waals surface area contributed by atoms with Crippen LogP contribution in [0.4, 0.5) is 0 Å². The zero-order valence-electron chi connectivity index (χ0n) is 8.03. The smallest absolute Gasteiger partial charge is 0.309 e. The first-order valence-corrected chi connectivity index (χ1v) is 5.14. The fourth-order valence-corrected chi connectivity index (χ4v) is 2.31. The van der Waals surface area contributed by atoms with Gasteiger partial charge in [0.2, 0.25) is 0 Å². The zero-order valence-corrected chi connectivity index (χ0v) is 8.03. The maximum Gasteiger partial charge on any atom is 0.309 e. The standard InChI is InChI=1S/C10H17NO2/c1-2-13-10(12)9-5-8(9)6-3-7(11)4-6/h6-9H,2-5,11H2,1H3. The lowest BCUT2D eigenvalue weighted by atomic mass is 9.77. The topological polar surface area (TPSA) is 52.3 Å². The van der Waals surface area contributed by atoms with Gasteiger partial charge in [0.15, 0.2) is 0 Å². The first-order valence-electron chi connectivity index (χ1n) is 5.14. The van der Waals surface area contributed by atoms with Crippen LogP contribution in [0.2, 0.25) is 0 Å². The highest BCUT2D eigenvalue weighted by atomic mass is 16.5. The Kier molecular flexibility index (Phi) is 2.28. The average Bonchev–Trinajstić information content (AvgIpc) is 2.78. The molecule has 0 aromatic carbocycles. The minimum absolute atomic E-state index is 0.00738. The normalized spacial score (nSPS) is 42.3. The summed E-state index contributed by atoms with van der Waals surface area (Å²) in [6.45, 7) is 2.36. The lowest BCUT2D eigenvalue weighted by molar-refractivity contribution is -0.145. The first kappa shape index (κ1) is 9.00. The number of ether oxygens (including phenoxy) is 1. The van der Waals surface area contributed by atoms with Crippen LogP contribution < -0.4 is 5.73 Å². The Morgan fingerprint density at radius 2 is 2.15 bits per heavy atom. The second kappa shape index (κ2) is 3.29. The summed E-state index contributed by atoms with van der Waals surface area (Å²) in [5, 5.41) is 0. The minimum Gasteiger partial charge on any atom is -0.466 e. The van der Waals surface area contributed by atoms with Gasteiger partial charge in [0.05, 0.1) is 12.5 Å². The molecule has 0 heterocycles. The van der Waals surface area contributed by atoms with E-state index in [-0.39, 0.29) is 11.9 Å². The van der Waals surface area contributed by atoms with Crippen LogP contribution in [0.1, 0.15) is 26.2 Å². The van der Waals surface area contributed by atoms with Gasteiger partial charge in [0, 0.05) is 6.04 Å². The largest absolute Gasteiger partial charge is 0.466 e. The fraction of sp³-hybridized carbons (Fsp3) is 0.900. The van der Waals surface area contributed by atoms with E-state index >= 15 is 0 Å². The maximum absolute atomic E-state index is 11.3. The molecule has 0 aromatic heterocycles. The van der Waals surface area contributed by atoms with Gasteiger partial charge in [0.25, 0.3) is 0 Å². The van der Waals surface area contributed by atoms with E-state index < -0.39 is 0 Å². The molecule has 3 heteroatoms. The number of hydrogen-bond donors (Lipinski definition) is 1. The Labute approximate surface area is 78.6 Å². The van der Waals surface area contributed by atoms with Gasteiger partial charge in [-0.2, -0.15) is 0 Å². The van der Waals surface area contributed by atoms with Gasteiger partial charge in [-0.05, 0) is 38.0 Å². The van der Waals surface area contributed by atoms with Crippen molar-refractivity contribution in [3.63, 3.8) is 0 Å². The lowest BCUT2D eigenvalue weighted by Gasteiger charge is -2.32. The van der Waals surface area contributed by atoms with Gasteiger partial charge >= 0.3 is 5.97 Å². The van der Waals surface area contributed by atoms with Gasteiger partial charge in [-0.15, -0.1) is 0 Å². The van der Waals surface area contributed by atoms with Gasteiger partial charge < -0.3 is 10.5 Å². The molecule has 0 saturated heterocycles. The average molecular weight is 183 g/mol. The van der Waals surface area contributed by atoms with Crippen molar-refractivity contribution < 1.29 is 9.53 Å². The molecule has 2 unspecified atom stereocenters. The second-order valence-corrected chi connectivity index (χ2v) is 4.25. The Balaban J connectivity index is 1.73. The molecule has 2 saturated carbocycles. The summed E-state index contributed by atoms with van der Waals surface area (Å²) in [6.07, 6.45) is 3.26. The maximum atomic E-state index is 11.3. The molecule has 0 amide bonds. The quantitative estimate of drug-likeness (QED) is 0.662. The molecule has 2 aliphatic carbocycles. The molecule has 2 aliphatic rings. The predicted octanol–water partition coefficient (Wildman–Crippen LogP) is 0.923. The molecule has 74 valence electrons. The Morgan fingerprint density at radius 3 is 2.69 bits per heavy atom. The Bertz CT molecular complexity index is 211. The molecule has 3 nitrogen and oxygen atoms in total. The van der Waals surface area contributed by atoms with Gasteiger partial charge in [-0.1, -0.05) is 0 Å². The van der Waals surface area contributed by atoms with E-state index in [4.69, 9.17) is 10.5 Å². The molecule has 0 aromatic rings. The van der Waals surface area contributed by atoms with E-state index in [1.807, 2.05) is 6.92 Å². The van der Waals surface area contributed by atoms with E-state index in [9.17, 15) is 4.79 Å². The minimum atomic E-state index is 0.00738. The third-order valence-corrected chi connectivity index (χ3v) is 3.25. The number of esters is 1. The summed E-state index contributed by atoms with van der Waals surface area (Å²) in [5.74, 6) is 1.52. The molecule has 2 fully saturated rings. The number of rotatable bonds is 3. The van der Waals surface area contributed by atoms with E-state index in [1.54, 1.807) is 0 Å². The number of carbonyl (C=O) groups is 1. The molecule has 13 heavy (non-hydrogen) atoms. The van der Waals surface area contributed by atoms with Crippen LogP contribution in [-0.4, -0.2) is 18.6 Å². The number of hydrogen-bond acceptors (Lipinski definition) is 3. The highest BCUT2D eigenvalue weighted by Crippen LogP contribution is 2.51. The van der Waals surface area contributed by atoms with Crippen molar-refractivity contribution in [1.82, 2.24) is 0 Å². The third-order valence-electron chi connectivity index (χ3n) is 3.25. The van der Waals surface area contributed by atoms with Crippen LogP contribution in [0.25, 0.3) is 0 Å². The summed E-state index contributed by atoms with van der Waals surface area (Å²) in [4.78, 5) is 11.3. The Morgan fingerprint density at radius 1 is 1.46 bits per heavy atom. The van der Waals surface area contributed by atoms with Crippen molar-refractivity contribution in [2.24, 2.45) is 23.5 Å². The third kappa shape index (κ3) is 1.70. The molecular formula is C10H17NO2. The lowest BCUT2D eigenvalue weighted by Crippen LogP contribution is -2.37. The highest BCUT2D eigenvalue weighted by Gasteiger charge is 2.51. The van der Waals surface area contributed by atoms with Crippen LogP contribution in [0.15, 0.2) is 0 Å². The van der Waals surface area contributed by atoms with Crippen molar-refractivity contribution >= 4 is 5.97 Å². The molecular weight excluding hydrogens is 166 g/mol. The van der Waals surface area contributed by atoms with Crippen LogP contribution in [0, 0.1) is 17.8 Å². The van der Waals surface area contributed by atoms with Crippen molar-refractivity contribution in [1.29, 1.82) is 0 Å². The highest BCUT2D eigenvalue weighted by molar-refractivity contribution is 5.75. The van der Waals surface area contributed by atoms with Crippen LogP contribution in [-0.2, 0) is 9.53 Å². The van der Waals surface area contributed by atoms with Crippen molar-refractivity contribution in [2.75, 3.05) is 6.61 Å². The SMILES string of the molecule is CCOC(=O)C1CC1C1CC(N)C1. The second-order valence-electron chi connectivity index (χ2n) is 4.25. The molecule has 2 N–H and O–H groups in total. The van der Waals surface area contributed by atoms with Crippen LogP contribution in [0.3, 0.4) is 0 Å². The van der Waals surface area contributed by atoms with Crippen LogP contribution >= 0.6 is 0 Å². The monoisotopic (exact) mass is 183 g/mol. The van der Waals surface area contributed by atoms with Crippen LogP contribution in [0.5, 0.6) is 0 Å². The molecule has 0 radical (unpaired) electrons. The summed E-state index contributed by atoms with van der Waals surface area (Å²) in [7, 11) is 0. The van der Waals surface area contributed by atoms with Crippen molar-refractivity contribution in [3.05, 3.63) is 0 Å².